The van der Waals surface area contributed by atoms with Gasteiger partial charge in [0, 0.05) is 48.7 Å². The van der Waals surface area contributed by atoms with Crippen molar-refractivity contribution in [3.8, 4) is 12.1 Å². The second kappa shape index (κ2) is 24.2. The molecule has 0 aliphatic rings. The molecule has 292 valence electrons. The van der Waals surface area contributed by atoms with Gasteiger partial charge in [-0.05, 0) is 93.5 Å². The third kappa shape index (κ3) is 16.6. The fourth-order valence-corrected chi connectivity index (χ4v) is 5.13. The minimum absolute atomic E-state index is 0.129. The maximum absolute atomic E-state index is 12.4. The van der Waals surface area contributed by atoms with E-state index in [0.29, 0.717) is 17.0 Å². The number of hydrogen-bond acceptors (Lipinski definition) is 12. The van der Waals surface area contributed by atoms with Gasteiger partial charge in [0.15, 0.2) is 0 Å². The Bertz CT molecular complexity index is 1780. The highest BCUT2D eigenvalue weighted by Crippen LogP contribution is 2.21. The minimum atomic E-state index is -0.794. The van der Waals surface area contributed by atoms with Gasteiger partial charge in [0.1, 0.15) is 49.7 Å². The number of hydrogen-bond donors (Lipinski definition) is 0. The van der Waals surface area contributed by atoms with Crippen LogP contribution in [0, 0.1) is 28.6 Å². The van der Waals surface area contributed by atoms with Gasteiger partial charge in [-0.3, -0.25) is 0 Å². The molecule has 2 aromatic rings. The van der Waals surface area contributed by atoms with Crippen molar-refractivity contribution in [2.24, 2.45) is 5.92 Å². The average molecular weight is 753 g/mol. The summed E-state index contributed by atoms with van der Waals surface area (Å²) in [7, 11) is 0. The number of rotatable bonds is 23. The summed E-state index contributed by atoms with van der Waals surface area (Å²) in [6.45, 7) is 19.3. The first kappa shape index (κ1) is 45.0. The lowest BCUT2D eigenvalue weighted by Crippen LogP contribution is -2.29. The summed E-state index contributed by atoms with van der Waals surface area (Å²) >= 11 is 0. The standard InChI is InChI=1S/C43H52N4O8/c1-8-46(38-16-12-34(13-17-38)26-36(28-44)42(50)54-24-22-52-40(48)32(4)5)20-10-9-11-21-47(30-31(2)3)39-18-14-35(15-19-39)27-37(29-45)43(51)55-25-23-53-41(49)33(6)7/h12-19,26-27,31H,4,6,8-11,20-25,30H2,1-3,5,7H3/b36-26+,37-27+. The average Bonchev–Trinajstić information content (AvgIpc) is 3.17. The summed E-state index contributed by atoms with van der Waals surface area (Å²) in [5, 5.41) is 19.0. The number of unbranched alkanes of at least 4 members (excludes halogenated alkanes) is 2. The lowest BCUT2D eigenvalue weighted by molar-refractivity contribution is -0.147. The van der Waals surface area contributed by atoms with Crippen LogP contribution >= 0.6 is 0 Å². The quantitative estimate of drug-likeness (QED) is 0.0377. The van der Waals surface area contributed by atoms with Gasteiger partial charge in [-0.25, -0.2) is 19.2 Å². The number of carbonyl (C=O) groups excluding carboxylic acids is 4. The van der Waals surface area contributed by atoms with E-state index in [-0.39, 0.29) is 48.7 Å². The second-order valence-corrected chi connectivity index (χ2v) is 13.1. The molecule has 0 saturated carbocycles. The van der Waals surface area contributed by atoms with Gasteiger partial charge in [-0.2, -0.15) is 10.5 Å². The summed E-state index contributed by atoms with van der Waals surface area (Å²) in [5.74, 6) is -2.30. The normalized spacial score (nSPS) is 11.1. The second-order valence-electron chi connectivity index (χ2n) is 13.1. The Hall–Kier alpha value is -6.14. The molecule has 12 nitrogen and oxygen atoms in total. The molecular formula is C43H52N4O8. The van der Waals surface area contributed by atoms with Crippen LogP contribution in [-0.4, -0.2) is 76.5 Å². The Labute approximate surface area is 324 Å². The number of benzene rings is 2. The zero-order valence-electron chi connectivity index (χ0n) is 32.6. The third-order valence-electron chi connectivity index (χ3n) is 7.94. The van der Waals surface area contributed by atoms with Crippen LogP contribution in [-0.2, 0) is 38.1 Å². The highest BCUT2D eigenvalue weighted by Gasteiger charge is 2.15. The van der Waals surface area contributed by atoms with Crippen LogP contribution in [0.15, 0.2) is 84.0 Å². The molecule has 2 rings (SSSR count). The van der Waals surface area contributed by atoms with Crippen molar-refractivity contribution < 1.29 is 38.1 Å². The molecule has 2 aromatic carbocycles. The zero-order chi connectivity index (χ0) is 40.8. The number of ether oxygens (including phenoxy) is 4. The van der Waals surface area contributed by atoms with Crippen molar-refractivity contribution in [1.82, 2.24) is 0 Å². The lowest BCUT2D eigenvalue weighted by Gasteiger charge is -2.27. The molecule has 55 heavy (non-hydrogen) atoms. The Morgan fingerprint density at radius 3 is 1.35 bits per heavy atom. The topological polar surface area (TPSA) is 159 Å². The highest BCUT2D eigenvalue weighted by molar-refractivity contribution is 5.98. The molecular weight excluding hydrogens is 700 g/mol. The van der Waals surface area contributed by atoms with E-state index in [1.165, 1.54) is 26.0 Å². The Morgan fingerprint density at radius 1 is 0.636 bits per heavy atom. The van der Waals surface area contributed by atoms with E-state index in [1.807, 2.05) is 60.7 Å². The number of esters is 4. The van der Waals surface area contributed by atoms with Gasteiger partial charge in [0.05, 0.1) is 0 Å². The predicted octanol–water partition coefficient (Wildman–Crippen LogP) is 6.98. The van der Waals surface area contributed by atoms with Crippen molar-refractivity contribution in [3.05, 3.63) is 95.1 Å². The molecule has 0 aliphatic carbocycles. The maximum atomic E-state index is 12.4. The summed E-state index contributed by atoms with van der Waals surface area (Å²) in [6, 6.07) is 19.1. The van der Waals surface area contributed by atoms with Crippen molar-refractivity contribution in [3.63, 3.8) is 0 Å². The summed E-state index contributed by atoms with van der Waals surface area (Å²) in [5.41, 5.74) is 3.62. The first-order valence-electron chi connectivity index (χ1n) is 18.2. The molecule has 0 heterocycles. The van der Waals surface area contributed by atoms with Crippen molar-refractivity contribution >= 4 is 47.4 Å². The predicted molar refractivity (Wildman–Crippen MR) is 212 cm³/mol. The first-order chi connectivity index (χ1) is 26.3. The minimum Gasteiger partial charge on any atom is -0.459 e. The van der Waals surface area contributed by atoms with Crippen LogP contribution in [0.5, 0.6) is 0 Å². The molecule has 0 aromatic heterocycles. The highest BCUT2D eigenvalue weighted by atomic mass is 16.6. The molecule has 0 atom stereocenters. The molecule has 0 bridgehead atoms. The lowest BCUT2D eigenvalue weighted by atomic mass is 10.1. The van der Waals surface area contributed by atoms with Crippen molar-refractivity contribution in [2.45, 2.75) is 53.9 Å². The molecule has 0 radical (unpaired) electrons. The fourth-order valence-electron chi connectivity index (χ4n) is 5.13. The molecule has 0 spiro atoms. The van der Waals surface area contributed by atoms with Crippen LogP contribution in [0.4, 0.5) is 11.4 Å². The van der Waals surface area contributed by atoms with E-state index < -0.39 is 23.9 Å². The van der Waals surface area contributed by atoms with E-state index in [0.717, 1.165) is 56.8 Å². The summed E-state index contributed by atoms with van der Waals surface area (Å²) in [4.78, 5) is 52.3. The van der Waals surface area contributed by atoms with Crippen LogP contribution in [0.2, 0.25) is 0 Å². The molecule has 12 heteroatoms. The van der Waals surface area contributed by atoms with Crippen molar-refractivity contribution in [2.75, 3.05) is 62.4 Å². The zero-order valence-corrected chi connectivity index (χ0v) is 32.6. The largest absolute Gasteiger partial charge is 0.459 e. The van der Waals surface area contributed by atoms with Crippen LogP contribution in [0.3, 0.4) is 0 Å². The monoisotopic (exact) mass is 752 g/mol. The summed E-state index contributed by atoms with van der Waals surface area (Å²) in [6.07, 6.45) is 5.94. The van der Waals surface area contributed by atoms with Crippen LogP contribution in [0.25, 0.3) is 12.2 Å². The molecule has 0 aliphatic heterocycles. The fraction of sp³-hybridized carbons (Fsp3) is 0.395. The van der Waals surface area contributed by atoms with E-state index in [9.17, 15) is 29.7 Å². The van der Waals surface area contributed by atoms with E-state index in [2.05, 4.69) is 43.7 Å². The van der Waals surface area contributed by atoms with Gasteiger partial charge >= 0.3 is 23.9 Å². The van der Waals surface area contributed by atoms with Gasteiger partial charge in [-0.15, -0.1) is 0 Å². The van der Waals surface area contributed by atoms with Gasteiger partial charge < -0.3 is 28.7 Å². The maximum Gasteiger partial charge on any atom is 0.349 e. The SMILES string of the molecule is C=C(C)C(=O)OCCOC(=O)/C(C#N)=C/c1ccc(N(CC)CCCCCN(CC(C)C)c2ccc(/C=C(\C#N)C(=O)OCCOC(=O)C(=C)C)cc2)cc1. The number of nitrogens with zero attached hydrogens (tertiary/aromatic N) is 4. The first-order valence-corrected chi connectivity index (χ1v) is 18.2. The molecule has 0 amide bonds. The number of anilines is 2. The Balaban J connectivity index is 1.91. The van der Waals surface area contributed by atoms with E-state index in [4.69, 9.17) is 18.9 Å². The Kier molecular flexibility index (Phi) is 19.8. The third-order valence-corrected chi connectivity index (χ3v) is 7.94. The molecule has 0 fully saturated rings. The molecule has 0 saturated heterocycles. The molecule has 0 N–H and O–H groups in total. The van der Waals surface area contributed by atoms with Gasteiger partial charge in [0.25, 0.3) is 0 Å². The number of carbonyl (C=O) groups is 4. The van der Waals surface area contributed by atoms with E-state index in [1.54, 1.807) is 0 Å². The van der Waals surface area contributed by atoms with Gasteiger partial charge in [0.2, 0.25) is 0 Å². The van der Waals surface area contributed by atoms with Crippen LogP contribution < -0.4 is 9.80 Å². The smallest absolute Gasteiger partial charge is 0.349 e. The van der Waals surface area contributed by atoms with Crippen molar-refractivity contribution in [1.29, 1.82) is 10.5 Å². The Morgan fingerprint density at radius 2 is 1.00 bits per heavy atom. The van der Waals surface area contributed by atoms with Crippen LogP contribution in [0.1, 0.15) is 65.0 Å². The van der Waals surface area contributed by atoms with Gasteiger partial charge in [-0.1, -0.05) is 51.3 Å². The van der Waals surface area contributed by atoms with E-state index >= 15 is 0 Å². The summed E-state index contributed by atoms with van der Waals surface area (Å²) < 4.78 is 20.0. The number of nitriles is 2. The molecule has 0 unspecified atom stereocenters.